The van der Waals surface area contributed by atoms with Crippen LogP contribution in [0.5, 0.6) is 0 Å². The zero-order valence-electron chi connectivity index (χ0n) is 13.8. The van der Waals surface area contributed by atoms with E-state index in [1.165, 1.54) is 5.56 Å². The Hall–Kier alpha value is -1.21. The number of rotatable bonds is 3. The van der Waals surface area contributed by atoms with Crippen LogP contribution < -0.4 is 4.90 Å². The molecule has 0 spiro atoms. The monoisotopic (exact) mass is 321 g/mol. The molecule has 0 aromatic carbocycles. The van der Waals surface area contributed by atoms with E-state index in [0.717, 1.165) is 31.9 Å². The minimum atomic E-state index is -1.04. The van der Waals surface area contributed by atoms with E-state index in [2.05, 4.69) is 27.8 Å². The second-order valence-corrected chi connectivity index (χ2v) is 6.99. The second-order valence-electron chi connectivity index (χ2n) is 6.99. The number of pyridine rings is 1. The third-order valence-corrected chi connectivity index (χ3v) is 5.30. The van der Waals surface area contributed by atoms with Crippen LogP contribution in [0.3, 0.4) is 0 Å². The second kappa shape index (κ2) is 6.73. The number of β-amino-alcohol motifs (C(OH)–C–C–N with tert-alkyl or cyclic N) is 1. The summed E-state index contributed by atoms with van der Waals surface area (Å²) >= 11 is 0. The van der Waals surface area contributed by atoms with Gasteiger partial charge in [-0.05, 0) is 37.8 Å². The first kappa shape index (κ1) is 16.6. The maximum absolute atomic E-state index is 10.1. The first-order valence-electron chi connectivity index (χ1n) is 8.42. The molecule has 23 heavy (non-hydrogen) atoms. The SMILES string of the molecule is Cc1cccnc1N1CC[C@@H](CN2C[C@H](O)[C@@H](O)[C@H](O)[C@H]2C)C1. The Balaban J connectivity index is 1.61. The summed E-state index contributed by atoms with van der Waals surface area (Å²) in [5, 5.41) is 29.7. The van der Waals surface area contributed by atoms with E-state index in [1.54, 1.807) is 0 Å². The minimum Gasteiger partial charge on any atom is -0.389 e. The lowest BCUT2D eigenvalue weighted by Gasteiger charge is -2.43. The average molecular weight is 321 g/mol. The maximum atomic E-state index is 10.1. The number of hydrogen-bond donors (Lipinski definition) is 3. The molecule has 2 aliphatic heterocycles. The molecule has 3 N–H and O–H groups in total. The number of aryl methyl sites for hydroxylation is 1. The van der Waals surface area contributed by atoms with Crippen molar-refractivity contribution >= 4 is 5.82 Å². The Labute approximate surface area is 137 Å². The molecule has 3 heterocycles. The molecule has 2 saturated heterocycles. The highest BCUT2D eigenvalue weighted by Crippen LogP contribution is 2.27. The van der Waals surface area contributed by atoms with E-state index in [9.17, 15) is 15.3 Å². The van der Waals surface area contributed by atoms with Crippen LogP contribution >= 0.6 is 0 Å². The van der Waals surface area contributed by atoms with Crippen LogP contribution in [0.2, 0.25) is 0 Å². The zero-order valence-corrected chi connectivity index (χ0v) is 13.8. The molecule has 6 heteroatoms. The van der Waals surface area contributed by atoms with Gasteiger partial charge in [-0.1, -0.05) is 6.07 Å². The molecule has 1 aromatic heterocycles. The smallest absolute Gasteiger partial charge is 0.131 e. The van der Waals surface area contributed by atoms with Gasteiger partial charge in [0.05, 0.1) is 12.2 Å². The maximum Gasteiger partial charge on any atom is 0.131 e. The highest BCUT2D eigenvalue weighted by atomic mass is 16.4. The summed E-state index contributed by atoms with van der Waals surface area (Å²) in [6, 6.07) is 3.89. The molecule has 128 valence electrons. The summed E-state index contributed by atoms with van der Waals surface area (Å²) in [6.45, 7) is 7.16. The molecule has 0 unspecified atom stereocenters. The molecule has 6 nitrogen and oxygen atoms in total. The summed E-state index contributed by atoms with van der Waals surface area (Å²) in [4.78, 5) is 8.90. The van der Waals surface area contributed by atoms with Gasteiger partial charge in [0.25, 0.3) is 0 Å². The van der Waals surface area contributed by atoms with Crippen LogP contribution in [0.4, 0.5) is 5.82 Å². The van der Waals surface area contributed by atoms with E-state index in [4.69, 9.17) is 0 Å². The number of piperidine rings is 1. The topological polar surface area (TPSA) is 80.1 Å². The minimum absolute atomic E-state index is 0.140. The van der Waals surface area contributed by atoms with Crippen molar-refractivity contribution in [2.45, 2.75) is 44.6 Å². The first-order chi connectivity index (χ1) is 11.0. The summed E-state index contributed by atoms with van der Waals surface area (Å²) in [6.07, 6.45) is 0.0910. The number of hydrogen-bond acceptors (Lipinski definition) is 6. The molecule has 0 amide bonds. The van der Waals surface area contributed by atoms with Crippen molar-refractivity contribution in [2.75, 3.05) is 31.1 Å². The molecule has 2 fully saturated rings. The van der Waals surface area contributed by atoms with Crippen molar-refractivity contribution in [2.24, 2.45) is 5.92 Å². The van der Waals surface area contributed by atoms with Crippen LogP contribution in [0.25, 0.3) is 0 Å². The standard InChI is InChI=1S/C17H27N3O3/c1-11-4-3-6-18-17(11)19-7-5-13(8-19)9-20-10-14(21)16(23)15(22)12(20)2/h3-4,6,12-16,21-23H,5,7-10H2,1-2H3/t12-,13-,14+,15-,16-/m1/s1. The van der Waals surface area contributed by atoms with Gasteiger partial charge in [0.2, 0.25) is 0 Å². The molecule has 0 bridgehead atoms. The predicted octanol–water partition coefficient (Wildman–Crippen LogP) is 0.00312. The van der Waals surface area contributed by atoms with Gasteiger partial charge >= 0.3 is 0 Å². The molecule has 3 rings (SSSR count). The number of likely N-dealkylation sites (tertiary alicyclic amines) is 1. The summed E-state index contributed by atoms with van der Waals surface area (Å²) in [5.74, 6) is 1.53. The summed E-state index contributed by atoms with van der Waals surface area (Å²) in [5.41, 5.74) is 1.19. The zero-order chi connectivity index (χ0) is 16.6. The highest BCUT2D eigenvalue weighted by Gasteiger charge is 2.40. The molecule has 0 radical (unpaired) electrons. The Kier molecular flexibility index (Phi) is 4.87. The van der Waals surface area contributed by atoms with Gasteiger partial charge in [-0.25, -0.2) is 4.98 Å². The Morgan fingerprint density at radius 3 is 2.74 bits per heavy atom. The van der Waals surface area contributed by atoms with E-state index in [0.29, 0.717) is 12.5 Å². The molecule has 1 aromatic rings. The van der Waals surface area contributed by atoms with Crippen molar-refractivity contribution in [3.05, 3.63) is 23.9 Å². The Morgan fingerprint density at radius 2 is 2.00 bits per heavy atom. The van der Waals surface area contributed by atoms with E-state index in [1.807, 2.05) is 19.2 Å². The fourth-order valence-electron chi connectivity index (χ4n) is 3.80. The molecule has 5 atom stereocenters. The van der Waals surface area contributed by atoms with Gasteiger partial charge in [0, 0.05) is 38.4 Å². The van der Waals surface area contributed by atoms with Gasteiger partial charge in [-0.15, -0.1) is 0 Å². The molecular weight excluding hydrogens is 294 g/mol. The van der Waals surface area contributed by atoms with Gasteiger partial charge in [0.15, 0.2) is 0 Å². The van der Waals surface area contributed by atoms with E-state index in [-0.39, 0.29) is 6.04 Å². The van der Waals surface area contributed by atoms with Crippen LogP contribution in [0.1, 0.15) is 18.9 Å². The van der Waals surface area contributed by atoms with Crippen molar-refractivity contribution < 1.29 is 15.3 Å². The lowest BCUT2D eigenvalue weighted by Crippen LogP contribution is -2.60. The normalized spacial score (nSPS) is 35.7. The van der Waals surface area contributed by atoms with Crippen molar-refractivity contribution in [1.82, 2.24) is 9.88 Å². The van der Waals surface area contributed by atoms with Crippen molar-refractivity contribution in [1.29, 1.82) is 0 Å². The van der Waals surface area contributed by atoms with Crippen LogP contribution in [0.15, 0.2) is 18.3 Å². The number of anilines is 1. The molecule has 2 aliphatic rings. The fraction of sp³-hybridized carbons (Fsp3) is 0.706. The highest BCUT2D eigenvalue weighted by molar-refractivity contribution is 5.46. The Bertz CT molecular complexity index is 542. The summed E-state index contributed by atoms with van der Waals surface area (Å²) in [7, 11) is 0. The van der Waals surface area contributed by atoms with Crippen molar-refractivity contribution in [3.8, 4) is 0 Å². The third kappa shape index (κ3) is 3.35. The van der Waals surface area contributed by atoms with Crippen LogP contribution in [0, 0.1) is 12.8 Å². The average Bonchev–Trinajstić information content (AvgIpc) is 2.99. The predicted molar refractivity (Wildman–Crippen MR) is 88.3 cm³/mol. The lowest BCUT2D eigenvalue weighted by molar-refractivity contribution is -0.134. The number of aliphatic hydroxyl groups excluding tert-OH is 3. The number of nitrogens with zero attached hydrogens (tertiary/aromatic N) is 3. The number of aliphatic hydroxyl groups is 3. The van der Waals surface area contributed by atoms with Gasteiger partial charge < -0.3 is 20.2 Å². The molecule has 0 saturated carbocycles. The largest absolute Gasteiger partial charge is 0.389 e. The quantitative estimate of drug-likeness (QED) is 0.727. The fourth-order valence-corrected chi connectivity index (χ4v) is 3.80. The van der Waals surface area contributed by atoms with E-state index >= 15 is 0 Å². The van der Waals surface area contributed by atoms with Gasteiger partial charge in [-0.3, -0.25) is 4.90 Å². The molecular formula is C17H27N3O3. The summed E-state index contributed by atoms with van der Waals surface area (Å²) < 4.78 is 0. The van der Waals surface area contributed by atoms with Gasteiger partial charge in [-0.2, -0.15) is 0 Å². The lowest BCUT2D eigenvalue weighted by atomic mass is 9.93. The first-order valence-corrected chi connectivity index (χ1v) is 8.42. The number of aromatic nitrogens is 1. The molecule has 0 aliphatic carbocycles. The van der Waals surface area contributed by atoms with Crippen LogP contribution in [-0.4, -0.2) is 75.7 Å². The van der Waals surface area contributed by atoms with Crippen molar-refractivity contribution in [3.63, 3.8) is 0 Å². The van der Waals surface area contributed by atoms with E-state index < -0.39 is 18.3 Å². The third-order valence-electron chi connectivity index (χ3n) is 5.30. The Morgan fingerprint density at radius 1 is 1.22 bits per heavy atom. The van der Waals surface area contributed by atoms with Gasteiger partial charge in [0.1, 0.15) is 11.9 Å². The van der Waals surface area contributed by atoms with Crippen LogP contribution in [-0.2, 0) is 0 Å².